The van der Waals surface area contributed by atoms with Gasteiger partial charge in [0.2, 0.25) is 5.91 Å². The van der Waals surface area contributed by atoms with Crippen molar-refractivity contribution in [2.75, 3.05) is 33.7 Å². The van der Waals surface area contributed by atoms with Crippen LogP contribution < -0.4 is 0 Å². The van der Waals surface area contributed by atoms with Crippen LogP contribution in [0.25, 0.3) is 11.0 Å². The van der Waals surface area contributed by atoms with Crippen LogP contribution in [0.4, 0.5) is 0 Å². The molecule has 1 aromatic heterocycles. The summed E-state index contributed by atoms with van der Waals surface area (Å²) in [7, 11) is 3.89. The zero-order chi connectivity index (χ0) is 21.2. The molecule has 1 heterocycles. The molecule has 0 atom stereocenters. The Balaban J connectivity index is 1.75. The van der Waals surface area contributed by atoms with Gasteiger partial charge in [-0.05, 0) is 77.4 Å². The molecule has 1 amide bonds. The number of benzene rings is 1. The molecule has 0 radical (unpaired) electrons. The molecule has 0 saturated carbocycles. The molecule has 158 valence electrons. The molecule has 6 nitrogen and oxygen atoms in total. The smallest absolute Gasteiger partial charge is 0.326 e. The van der Waals surface area contributed by atoms with E-state index in [-0.39, 0.29) is 24.8 Å². The predicted molar refractivity (Wildman–Crippen MR) is 113 cm³/mol. The van der Waals surface area contributed by atoms with Gasteiger partial charge >= 0.3 is 5.97 Å². The van der Waals surface area contributed by atoms with Crippen molar-refractivity contribution < 1.29 is 18.7 Å². The highest BCUT2D eigenvalue weighted by Crippen LogP contribution is 2.30. The fourth-order valence-corrected chi connectivity index (χ4v) is 3.70. The molecule has 0 bridgehead atoms. The number of likely N-dealkylation sites (N-methyl/N-ethyl adjacent to an activating group) is 1. The zero-order valence-electron chi connectivity index (χ0n) is 18.2. The van der Waals surface area contributed by atoms with Gasteiger partial charge in [-0.1, -0.05) is 0 Å². The number of ether oxygens (including phenoxy) is 1. The third-order valence-electron chi connectivity index (χ3n) is 5.12. The lowest BCUT2D eigenvalue weighted by atomic mass is 10.0. The van der Waals surface area contributed by atoms with E-state index in [4.69, 9.17) is 9.15 Å². The second kappa shape index (κ2) is 8.57. The number of hydrogen-bond donors (Lipinski definition) is 0. The van der Waals surface area contributed by atoms with E-state index in [9.17, 15) is 9.59 Å². The molecule has 1 aliphatic rings. The number of rotatable bonds is 7. The van der Waals surface area contributed by atoms with Crippen LogP contribution in [0.5, 0.6) is 0 Å². The number of carbonyl (C=O) groups excluding carboxylic acids is 2. The van der Waals surface area contributed by atoms with Crippen molar-refractivity contribution in [3.05, 3.63) is 35.1 Å². The maximum absolute atomic E-state index is 13.1. The number of fused-ring (bicyclic) bond motifs is 2. The van der Waals surface area contributed by atoms with Gasteiger partial charge in [0, 0.05) is 24.0 Å². The lowest BCUT2D eigenvalue weighted by Gasteiger charge is -2.26. The van der Waals surface area contributed by atoms with E-state index in [0.29, 0.717) is 13.1 Å². The van der Waals surface area contributed by atoms with Crippen LogP contribution in [-0.2, 0) is 33.6 Å². The molecule has 0 N–H and O–H groups in total. The lowest BCUT2D eigenvalue weighted by Crippen LogP contribution is -2.42. The molecule has 3 rings (SSSR count). The summed E-state index contributed by atoms with van der Waals surface area (Å²) in [5.74, 6) is -0.486. The van der Waals surface area contributed by atoms with Crippen LogP contribution in [0.15, 0.2) is 22.8 Å². The highest BCUT2D eigenvalue weighted by atomic mass is 16.6. The van der Waals surface area contributed by atoms with Crippen molar-refractivity contribution in [2.24, 2.45) is 0 Å². The topological polar surface area (TPSA) is 63.0 Å². The summed E-state index contributed by atoms with van der Waals surface area (Å²) in [6.07, 6.45) is 5.23. The van der Waals surface area contributed by atoms with Gasteiger partial charge in [0.1, 0.15) is 17.7 Å². The SMILES string of the molecule is CN(C)CCN(CC(=O)OC(C)(C)C)C(=O)Cc1coc2cc3c(cc12)CCC3. The van der Waals surface area contributed by atoms with Crippen LogP contribution in [0.2, 0.25) is 0 Å². The van der Waals surface area contributed by atoms with Crippen molar-refractivity contribution in [1.82, 2.24) is 9.80 Å². The summed E-state index contributed by atoms with van der Waals surface area (Å²) < 4.78 is 11.1. The largest absolute Gasteiger partial charge is 0.464 e. The zero-order valence-corrected chi connectivity index (χ0v) is 18.2. The lowest BCUT2D eigenvalue weighted by molar-refractivity contribution is -0.158. The summed E-state index contributed by atoms with van der Waals surface area (Å²) in [5, 5.41) is 1.00. The molecule has 0 saturated heterocycles. The predicted octanol–water partition coefficient (Wildman–Crippen LogP) is 3.20. The minimum atomic E-state index is -0.575. The van der Waals surface area contributed by atoms with Crippen LogP contribution >= 0.6 is 0 Å². The first kappa shape index (κ1) is 21.4. The Morgan fingerprint density at radius 3 is 2.45 bits per heavy atom. The fourth-order valence-electron chi connectivity index (χ4n) is 3.70. The van der Waals surface area contributed by atoms with Gasteiger partial charge in [0.25, 0.3) is 0 Å². The summed E-state index contributed by atoms with van der Waals surface area (Å²) in [4.78, 5) is 28.9. The maximum atomic E-state index is 13.1. The van der Waals surface area contributed by atoms with E-state index in [1.165, 1.54) is 17.5 Å². The second-order valence-electron chi connectivity index (χ2n) is 9.11. The Kier molecular flexibility index (Phi) is 6.32. The first-order valence-electron chi connectivity index (χ1n) is 10.3. The van der Waals surface area contributed by atoms with Gasteiger partial charge in [-0.2, -0.15) is 0 Å². The van der Waals surface area contributed by atoms with Crippen molar-refractivity contribution in [3.8, 4) is 0 Å². The van der Waals surface area contributed by atoms with Gasteiger partial charge in [-0.15, -0.1) is 0 Å². The third-order valence-corrected chi connectivity index (χ3v) is 5.12. The number of nitrogens with zero attached hydrogens (tertiary/aromatic N) is 2. The molecule has 1 aliphatic carbocycles. The monoisotopic (exact) mass is 400 g/mol. The molecule has 0 fully saturated rings. The first-order valence-corrected chi connectivity index (χ1v) is 10.3. The van der Waals surface area contributed by atoms with E-state index in [2.05, 4.69) is 12.1 Å². The van der Waals surface area contributed by atoms with Gasteiger partial charge < -0.3 is 19.0 Å². The van der Waals surface area contributed by atoms with Gasteiger partial charge in [-0.25, -0.2) is 0 Å². The van der Waals surface area contributed by atoms with Gasteiger partial charge in [0.05, 0.1) is 12.7 Å². The van der Waals surface area contributed by atoms with Crippen LogP contribution in [0, 0.1) is 0 Å². The summed E-state index contributed by atoms with van der Waals surface area (Å²) in [5.41, 5.74) is 3.83. The highest BCUT2D eigenvalue weighted by Gasteiger charge is 2.24. The van der Waals surface area contributed by atoms with E-state index in [1.54, 1.807) is 11.2 Å². The summed E-state index contributed by atoms with van der Waals surface area (Å²) in [6.45, 7) is 6.58. The highest BCUT2D eigenvalue weighted by molar-refractivity contribution is 5.90. The van der Waals surface area contributed by atoms with Crippen molar-refractivity contribution in [3.63, 3.8) is 0 Å². The minimum absolute atomic E-state index is 0.0465. The second-order valence-corrected chi connectivity index (χ2v) is 9.11. The van der Waals surface area contributed by atoms with E-state index < -0.39 is 5.60 Å². The minimum Gasteiger partial charge on any atom is -0.464 e. The number of aryl methyl sites for hydroxylation is 2. The number of hydrogen-bond acceptors (Lipinski definition) is 5. The van der Waals surface area contributed by atoms with E-state index in [0.717, 1.165) is 29.4 Å². The van der Waals surface area contributed by atoms with Crippen LogP contribution in [0.3, 0.4) is 0 Å². The Morgan fingerprint density at radius 1 is 1.10 bits per heavy atom. The van der Waals surface area contributed by atoms with Gasteiger partial charge in [-0.3, -0.25) is 9.59 Å². The molecule has 0 spiro atoms. The normalized spacial score (nSPS) is 13.7. The molecule has 0 aliphatic heterocycles. The Hall–Kier alpha value is -2.34. The summed E-state index contributed by atoms with van der Waals surface area (Å²) >= 11 is 0. The first-order chi connectivity index (χ1) is 13.6. The number of carbonyl (C=O) groups is 2. The Morgan fingerprint density at radius 2 is 1.79 bits per heavy atom. The molecule has 2 aromatic rings. The molecule has 1 aromatic carbocycles. The van der Waals surface area contributed by atoms with Gasteiger partial charge in [0.15, 0.2) is 0 Å². The Bertz CT molecular complexity index is 892. The number of amides is 1. The molecule has 0 unspecified atom stereocenters. The van der Waals surface area contributed by atoms with E-state index >= 15 is 0 Å². The quantitative estimate of drug-likeness (QED) is 0.668. The number of furan rings is 1. The standard InChI is InChI=1S/C23H32N2O4/c1-23(2,3)29-22(27)14-25(10-9-24(4)5)21(26)13-18-15-28-20-12-17-8-6-7-16(17)11-19(18)20/h11-12,15H,6-10,13-14H2,1-5H3. The van der Waals surface area contributed by atoms with Crippen LogP contribution in [-0.4, -0.2) is 61.0 Å². The Labute approximate surface area is 172 Å². The fraction of sp³-hybridized carbons (Fsp3) is 0.565. The van der Waals surface area contributed by atoms with Crippen molar-refractivity contribution in [2.45, 2.75) is 52.1 Å². The van der Waals surface area contributed by atoms with Crippen molar-refractivity contribution in [1.29, 1.82) is 0 Å². The average molecular weight is 401 g/mol. The third kappa shape index (κ3) is 5.60. The molecule has 29 heavy (non-hydrogen) atoms. The van der Waals surface area contributed by atoms with E-state index in [1.807, 2.05) is 39.8 Å². The summed E-state index contributed by atoms with van der Waals surface area (Å²) in [6, 6.07) is 4.28. The van der Waals surface area contributed by atoms with Crippen molar-refractivity contribution >= 4 is 22.8 Å². The molecular formula is C23H32N2O4. The molecular weight excluding hydrogens is 368 g/mol. The number of esters is 1. The molecule has 6 heteroatoms. The maximum Gasteiger partial charge on any atom is 0.326 e. The average Bonchev–Trinajstić information content (AvgIpc) is 3.21. The van der Waals surface area contributed by atoms with Crippen LogP contribution in [0.1, 0.15) is 43.9 Å².